The molecule has 0 aliphatic carbocycles. The molecule has 0 fully saturated rings. The minimum atomic E-state index is -0.589. The molecule has 0 bridgehead atoms. The third-order valence-corrected chi connectivity index (χ3v) is 3.08. The zero-order valence-corrected chi connectivity index (χ0v) is 11.3. The van der Waals surface area contributed by atoms with Crippen LogP contribution in [0.25, 0.3) is 0 Å². The van der Waals surface area contributed by atoms with Crippen molar-refractivity contribution < 1.29 is 13.2 Å². The summed E-state index contributed by atoms with van der Waals surface area (Å²) in [7, 11) is 0. The van der Waals surface area contributed by atoms with Gasteiger partial charge < -0.3 is 9.73 Å². The highest BCUT2D eigenvalue weighted by atomic mass is 79.9. The van der Waals surface area contributed by atoms with Gasteiger partial charge in [0, 0.05) is 15.6 Å². The summed E-state index contributed by atoms with van der Waals surface area (Å²) in [6.07, 6.45) is 2.96. The van der Waals surface area contributed by atoms with Crippen molar-refractivity contribution in [2.75, 3.05) is 6.54 Å². The van der Waals surface area contributed by atoms with Crippen molar-refractivity contribution in [3.05, 3.63) is 58.0 Å². The van der Waals surface area contributed by atoms with E-state index in [1.54, 1.807) is 6.07 Å². The average Bonchev–Trinajstić information content (AvgIpc) is 2.79. The first-order valence-corrected chi connectivity index (χ1v) is 6.32. The maximum absolute atomic E-state index is 13.9. The number of furan rings is 1. The smallest absolute Gasteiger partial charge is 0.132 e. The fourth-order valence-electron chi connectivity index (χ4n) is 1.86. The molecule has 96 valence electrons. The normalized spacial score (nSPS) is 12.7. The van der Waals surface area contributed by atoms with E-state index in [4.69, 9.17) is 4.42 Å². The largest absolute Gasteiger partial charge is 0.472 e. The van der Waals surface area contributed by atoms with Gasteiger partial charge in [-0.3, -0.25) is 0 Å². The van der Waals surface area contributed by atoms with Gasteiger partial charge in [-0.05, 0) is 24.7 Å². The molecule has 5 heteroatoms. The van der Waals surface area contributed by atoms with Crippen LogP contribution in [-0.4, -0.2) is 6.54 Å². The summed E-state index contributed by atoms with van der Waals surface area (Å²) < 4.78 is 33.2. The van der Waals surface area contributed by atoms with Gasteiger partial charge in [-0.25, -0.2) is 8.78 Å². The van der Waals surface area contributed by atoms with Crippen LogP contribution in [-0.2, 0) is 0 Å². The van der Waals surface area contributed by atoms with Crippen LogP contribution in [0, 0.1) is 11.6 Å². The summed E-state index contributed by atoms with van der Waals surface area (Å²) in [5.41, 5.74) is 0.693. The van der Waals surface area contributed by atoms with Gasteiger partial charge in [0.05, 0.1) is 18.6 Å². The first kappa shape index (κ1) is 13.2. The number of hydrogen-bond acceptors (Lipinski definition) is 2. The molecule has 2 aromatic rings. The fourth-order valence-corrected chi connectivity index (χ4v) is 2.26. The van der Waals surface area contributed by atoms with E-state index in [0.29, 0.717) is 16.6 Å². The second kappa shape index (κ2) is 5.63. The van der Waals surface area contributed by atoms with Crippen molar-refractivity contribution in [3.63, 3.8) is 0 Å². The molecule has 1 unspecified atom stereocenters. The topological polar surface area (TPSA) is 25.2 Å². The SMILES string of the molecule is CCNC(c1ccoc1)c1c(F)cc(Br)cc1F. The minimum Gasteiger partial charge on any atom is -0.472 e. The van der Waals surface area contributed by atoms with Crippen LogP contribution < -0.4 is 5.32 Å². The zero-order chi connectivity index (χ0) is 13.1. The van der Waals surface area contributed by atoms with E-state index < -0.39 is 17.7 Å². The highest BCUT2D eigenvalue weighted by Gasteiger charge is 2.22. The second-order valence-electron chi connectivity index (χ2n) is 3.83. The van der Waals surface area contributed by atoms with Crippen LogP contribution in [0.2, 0.25) is 0 Å². The highest BCUT2D eigenvalue weighted by molar-refractivity contribution is 9.10. The van der Waals surface area contributed by atoms with Gasteiger partial charge in [0.15, 0.2) is 0 Å². The molecule has 1 heterocycles. The van der Waals surface area contributed by atoms with Crippen LogP contribution >= 0.6 is 15.9 Å². The van der Waals surface area contributed by atoms with Crippen molar-refractivity contribution >= 4 is 15.9 Å². The van der Waals surface area contributed by atoms with E-state index in [1.807, 2.05) is 6.92 Å². The van der Waals surface area contributed by atoms with E-state index in [2.05, 4.69) is 21.2 Å². The number of hydrogen-bond donors (Lipinski definition) is 1. The molecule has 1 N–H and O–H groups in total. The Kier molecular flexibility index (Phi) is 4.14. The summed E-state index contributed by atoms with van der Waals surface area (Å²) in [6, 6.07) is 3.64. The quantitative estimate of drug-likeness (QED) is 0.922. The van der Waals surface area contributed by atoms with E-state index >= 15 is 0 Å². The molecule has 0 amide bonds. The van der Waals surface area contributed by atoms with Gasteiger partial charge >= 0.3 is 0 Å². The average molecular weight is 316 g/mol. The van der Waals surface area contributed by atoms with Crippen molar-refractivity contribution in [3.8, 4) is 0 Å². The van der Waals surface area contributed by atoms with Crippen molar-refractivity contribution in [1.82, 2.24) is 5.32 Å². The van der Waals surface area contributed by atoms with Gasteiger partial charge in [0.2, 0.25) is 0 Å². The lowest BCUT2D eigenvalue weighted by Crippen LogP contribution is -2.23. The van der Waals surface area contributed by atoms with Gasteiger partial charge in [-0.1, -0.05) is 22.9 Å². The summed E-state index contributed by atoms with van der Waals surface area (Å²) >= 11 is 3.07. The molecular weight excluding hydrogens is 304 g/mol. The summed E-state index contributed by atoms with van der Waals surface area (Å²) in [6.45, 7) is 2.46. The molecule has 2 rings (SSSR count). The van der Waals surface area contributed by atoms with Crippen molar-refractivity contribution in [2.45, 2.75) is 13.0 Å². The van der Waals surface area contributed by atoms with Gasteiger partial charge in [0.1, 0.15) is 11.6 Å². The number of benzene rings is 1. The Bertz CT molecular complexity index is 505. The molecule has 0 radical (unpaired) electrons. The lowest BCUT2D eigenvalue weighted by atomic mass is 10.00. The number of halogens is 3. The summed E-state index contributed by atoms with van der Waals surface area (Å²) in [4.78, 5) is 0. The van der Waals surface area contributed by atoms with E-state index in [0.717, 1.165) is 0 Å². The zero-order valence-electron chi connectivity index (χ0n) is 9.71. The molecule has 1 atom stereocenters. The van der Waals surface area contributed by atoms with E-state index in [1.165, 1.54) is 24.7 Å². The van der Waals surface area contributed by atoms with Gasteiger partial charge in [0.25, 0.3) is 0 Å². The third-order valence-electron chi connectivity index (χ3n) is 2.62. The van der Waals surface area contributed by atoms with Crippen LogP contribution in [0.15, 0.2) is 39.6 Å². The van der Waals surface area contributed by atoms with E-state index in [9.17, 15) is 8.78 Å². The fraction of sp³-hybridized carbons (Fsp3) is 0.231. The Morgan fingerprint density at radius 3 is 2.50 bits per heavy atom. The Morgan fingerprint density at radius 1 is 1.33 bits per heavy atom. The summed E-state index contributed by atoms with van der Waals surface area (Å²) in [5.74, 6) is -1.18. The number of rotatable bonds is 4. The molecule has 1 aromatic carbocycles. The molecule has 0 spiro atoms. The Labute approximate surface area is 112 Å². The first-order chi connectivity index (χ1) is 8.63. The third kappa shape index (κ3) is 2.62. The molecule has 18 heavy (non-hydrogen) atoms. The number of nitrogens with one attached hydrogen (secondary N) is 1. The minimum absolute atomic E-state index is 0.00134. The Hall–Kier alpha value is -1.20. The van der Waals surface area contributed by atoms with Crippen LogP contribution in [0.4, 0.5) is 8.78 Å². The monoisotopic (exact) mass is 315 g/mol. The molecule has 2 nitrogen and oxygen atoms in total. The highest BCUT2D eigenvalue weighted by Crippen LogP contribution is 2.29. The molecule has 0 saturated heterocycles. The Morgan fingerprint density at radius 2 is 2.00 bits per heavy atom. The standard InChI is InChI=1S/C13H12BrF2NO/c1-2-17-13(8-3-4-18-7-8)12-10(15)5-9(14)6-11(12)16/h3-7,13,17H,2H2,1H3. The van der Waals surface area contributed by atoms with Crippen LogP contribution in [0.5, 0.6) is 0 Å². The second-order valence-corrected chi connectivity index (χ2v) is 4.75. The maximum Gasteiger partial charge on any atom is 0.132 e. The molecule has 0 saturated carbocycles. The lowest BCUT2D eigenvalue weighted by Gasteiger charge is -2.18. The molecular formula is C13H12BrF2NO. The maximum atomic E-state index is 13.9. The predicted molar refractivity (Wildman–Crippen MR) is 68.3 cm³/mol. The molecule has 0 aliphatic heterocycles. The van der Waals surface area contributed by atoms with Crippen molar-refractivity contribution in [1.29, 1.82) is 0 Å². The van der Waals surface area contributed by atoms with Crippen molar-refractivity contribution in [2.24, 2.45) is 0 Å². The van der Waals surface area contributed by atoms with Gasteiger partial charge in [-0.2, -0.15) is 0 Å². The van der Waals surface area contributed by atoms with Gasteiger partial charge in [-0.15, -0.1) is 0 Å². The lowest BCUT2D eigenvalue weighted by molar-refractivity contribution is 0.503. The predicted octanol–water partition coefficient (Wildman–Crippen LogP) is 4.02. The molecule has 0 aliphatic rings. The molecule has 1 aromatic heterocycles. The first-order valence-electron chi connectivity index (χ1n) is 5.53. The van der Waals surface area contributed by atoms with E-state index in [-0.39, 0.29) is 5.56 Å². The summed E-state index contributed by atoms with van der Waals surface area (Å²) in [5, 5.41) is 3.05. The Balaban J connectivity index is 2.49. The van der Waals surface area contributed by atoms with Crippen LogP contribution in [0.3, 0.4) is 0 Å². The van der Waals surface area contributed by atoms with Crippen LogP contribution in [0.1, 0.15) is 24.1 Å².